The molecule has 13 heavy (non-hydrogen) atoms. The Balaban J connectivity index is 2.05. The van der Waals surface area contributed by atoms with E-state index in [2.05, 4.69) is 13.8 Å². The van der Waals surface area contributed by atoms with Crippen LogP contribution in [0.1, 0.15) is 46.0 Å². The number of rotatable bonds is 1. The molecule has 2 bridgehead atoms. The number of hydrogen-bond donors (Lipinski definition) is 1. The highest BCUT2D eigenvalue weighted by atomic mass is 14.7. The van der Waals surface area contributed by atoms with Gasteiger partial charge in [-0.05, 0) is 49.4 Å². The Labute approximate surface area is 82.1 Å². The Kier molecular flexibility index (Phi) is 2.64. The smallest absolute Gasteiger partial charge is 0.00958 e. The first-order valence-electron chi connectivity index (χ1n) is 5.96. The van der Waals surface area contributed by atoms with E-state index in [9.17, 15) is 0 Å². The summed E-state index contributed by atoms with van der Waals surface area (Å²) in [5.41, 5.74) is 6.30. The van der Waals surface area contributed by atoms with Crippen LogP contribution in [0.15, 0.2) is 0 Å². The zero-order valence-corrected chi connectivity index (χ0v) is 9.00. The summed E-state index contributed by atoms with van der Waals surface area (Å²) in [6, 6.07) is 0.518. The van der Waals surface area contributed by atoms with Crippen LogP contribution in [0.5, 0.6) is 0 Å². The van der Waals surface area contributed by atoms with Gasteiger partial charge in [-0.3, -0.25) is 0 Å². The maximum Gasteiger partial charge on any atom is 0.00958 e. The van der Waals surface area contributed by atoms with Gasteiger partial charge in [0.05, 0.1) is 0 Å². The molecule has 0 spiro atoms. The Morgan fingerprint density at radius 3 is 2.62 bits per heavy atom. The van der Waals surface area contributed by atoms with Crippen LogP contribution < -0.4 is 5.73 Å². The van der Waals surface area contributed by atoms with Crippen LogP contribution in [0.4, 0.5) is 0 Å². The molecule has 0 aliphatic heterocycles. The Bertz CT molecular complexity index is 176. The summed E-state index contributed by atoms with van der Waals surface area (Å²) >= 11 is 0. The summed E-state index contributed by atoms with van der Waals surface area (Å²) in [5.74, 6) is 3.63. The molecule has 0 saturated heterocycles. The van der Waals surface area contributed by atoms with E-state index in [0.717, 1.165) is 23.7 Å². The largest absolute Gasteiger partial charge is 0.327 e. The van der Waals surface area contributed by atoms with Crippen molar-refractivity contribution < 1.29 is 0 Å². The molecule has 1 nitrogen and oxygen atoms in total. The molecule has 76 valence electrons. The lowest BCUT2D eigenvalue weighted by Crippen LogP contribution is -2.46. The summed E-state index contributed by atoms with van der Waals surface area (Å²) in [6.07, 6.45) is 7.01. The van der Waals surface area contributed by atoms with Crippen molar-refractivity contribution in [3.05, 3.63) is 0 Å². The third-order valence-corrected chi connectivity index (χ3v) is 4.33. The minimum absolute atomic E-state index is 0.518. The molecule has 2 N–H and O–H groups in total. The van der Waals surface area contributed by atoms with Crippen LogP contribution in [0, 0.1) is 23.7 Å². The third kappa shape index (κ3) is 1.76. The van der Waals surface area contributed by atoms with E-state index in [0.29, 0.717) is 6.04 Å². The molecule has 0 aromatic heterocycles. The molecular weight excluding hydrogens is 158 g/mol. The summed E-state index contributed by atoms with van der Waals surface area (Å²) in [6.45, 7) is 4.70. The van der Waals surface area contributed by atoms with Crippen molar-refractivity contribution in [3.8, 4) is 0 Å². The molecule has 5 unspecified atom stereocenters. The van der Waals surface area contributed by atoms with Crippen molar-refractivity contribution in [2.75, 3.05) is 0 Å². The van der Waals surface area contributed by atoms with E-state index >= 15 is 0 Å². The van der Waals surface area contributed by atoms with Crippen LogP contribution in [0.3, 0.4) is 0 Å². The fraction of sp³-hybridized carbons (Fsp3) is 1.00. The Morgan fingerprint density at radius 1 is 1.15 bits per heavy atom. The zero-order valence-electron chi connectivity index (χ0n) is 9.00. The van der Waals surface area contributed by atoms with E-state index in [1.54, 1.807) is 0 Å². The predicted octanol–water partition coefficient (Wildman–Crippen LogP) is 2.80. The average Bonchev–Trinajstić information content (AvgIpc) is 2.10. The molecule has 0 aromatic rings. The predicted molar refractivity (Wildman–Crippen MR) is 56.4 cm³/mol. The van der Waals surface area contributed by atoms with Gasteiger partial charge >= 0.3 is 0 Å². The van der Waals surface area contributed by atoms with Crippen LogP contribution >= 0.6 is 0 Å². The van der Waals surface area contributed by atoms with Gasteiger partial charge in [0.15, 0.2) is 0 Å². The molecule has 1 heteroatoms. The minimum Gasteiger partial charge on any atom is -0.327 e. The second-order valence-electron chi connectivity index (χ2n) is 5.42. The Hall–Kier alpha value is -0.0400. The Morgan fingerprint density at radius 2 is 1.92 bits per heavy atom. The van der Waals surface area contributed by atoms with Gasteiger partial charge in [-0.2, -0.15) is 0 Å². The number of nitrogens with two attached hydrogens (primary N) is 1. The quantitative estimate of drug-likeness (QED) is 0.661. The fourth-order valence-electron chi connectivity index (χ4n) is 3.72. The van der Waals surface area contributed by atoms with Crippen molar-refractivity contribution in [1.29, 1.82) is 0 Å². The monoisotopic (exact) mass is 181 g/mol. The van der Waals surface area contributed by atoms with E-state index < -0.39 is 0 Å². The van der Waals surface area contributed by atoms with Crippen LogP contribution in [-0.2, 0) is 0 Å². The second kappa shape index (κ2) is 3.61. The second-order valence-corrected chi connectivity index (χ2v) is 5.42. The summed E-state index contributed by atoms with van der Waals surface area (Å²) in [7, 11) is 0. The van der Waals surface area contributed by atoms with E-state index in [1.165, 1.54) is 32.1 Å². The molecule has 0 amide bonds. The fourth-order valence-corrected chi connectivity index (χ4v) is 3.72. The van der Waals surface area contributed by atoms with Crippen molar-refractivity contribution in [3.63, 3.8) is 0 Å². The van der Waals surface area contributed by atoms with Gasteiger partial charge in [0.2, 0.25) is 0 Å². The molecule has 0 heterocycles. The van der Waals surface area contributed by atoms with Crippen LogP contribution in [-0.4, -0.2) is 6.04 Å². The molecular formula is C12H23N. The van der Waals surface area contributed by atoms with Gasteiger partial charge < -0.3 is 5.73 Å². The molecule has 0 radical (unpaired) electrons. The molecule has 2 aliphatic rings. The van der Waals surface area contributed by atoms with Gasteiger partial charge in [-0.1, -0.05) is 20.3 Å². The average molecular weight is 181 g/mol. The standard InChI is InChI=1S/C12H23N/c1-3-10-6-9-4-8(2)5-11(7-9)12(10)13/h8-12H,3-7,13H2,1-2H3. The van der Waals surface area contributed by atoms with E-state index in [4.69, 9.17) is 5.73 Å². The van der Waals surface area contributed by atoms with Gasteiger partial charge in [-0.25, -0.2) is 0 Å². The number of hydrogen-bond acceptors (Lipinski definition) is 1. The molecule has 2 rings (SSSR count). The first-order valence-corrected chi connectivity index (χ1v) is 5.96. The highest BCUT2D eigenvalue weighted by Crippen LogP contribution is 2.44. The first kappa shape index (κ1) is 9.51. The normalized spacial score (nSPS) is 50.5. The first-order chi connectivity index (χ1) is 6.20. The number of fused-ring (bicyclic) bond motifs is 2. The maximum absolute atomic E-state index is 6.30. The van der Waals surface area contributed by atoms with Gasteiger partial charge in [0.1, 0.15) is 0 Å². The molecule has 2 fully saturated rings. The molecule has 2 aliphatic carbocycles. The van der Waals surface area contributed by atoms with Gasteiger partial charge in [-0.15, -0.1) is 0 Å². The SMILES string of the molecule is CCC1CC2CC(C)CC(C2)C1N. The highest BCUT2D eigenvalue weighted by molar-refractivity contribution is 4.92. The van der Waals surface area contributed by atoms with Crippen molar-refractivity contribution in [2.45, 2.75) is 52.0 Å². The van der Waals surface area contributed by atoms with Gasteiger partial charge in [0, 0.05) is 6.04 Å². The lowest BCUT2D eigenvalue weighted by Gasteiger charge is -2.45. The minimum atomic E-state index is 0.518. The topological polar surface area (TPSA) is 26.0 Å². The van der Waals surface area contributed by atoms with Crippen molar-refractivity contribution in [1.82, 2.24) is 0 Å². The van der Waals surface area contributed by atoms with Crippen LogP contribution in [0.25, 0.3) is 0 Å². The summed E-state index contributed by atoms with van der Waals surface area (Å²) in [5, 5.41) is 0. The van der Waals surface area contributed by atoms with Crippen LogP contribution in [0.2, 0.25) is 0 Å². The summed E-state index contributed by atoms with van der Waals surface area (Å²) in [4.78, 5) is 0. The van der Waals surface area contributed by atoms with Crippen molar-refractivity contribution >= 4 is 0 Å². The molecule has 2 saturated carbocycles. The lowest BCUT2D eigenvalue weighted by molar-refractivity contribution is 0.0789. The van der Waals surface area contributed by atoms with Gasteiger partial charge in [0.25, 0.3) is 0 Å². The zero-order chi connectivity index (χ0) is 9.42. The molecule has 0 aromatic carbocycles. The summed E-state index contributed by atoms with van der Waals surface area (Å²) < 4.78 is 0. The third-order valence-electron chi connectivity index (χ3n) is 4.33. The van der Waals surface area contributed by atoms with E-state index in [-0.39, 0.29) is 0 Å². The highest BCUT2D eigenvalue weighted by Gasteiger charge is 2.38. The van der Waals surface area contributed by atoms with E-state index in [1.807, 2.05) is 0 Å². The maximum atomic E-state index is 6.30. The van der Waals surface area contributed by atoms with Crippen molar-refractivity contribution in [2.24, 2.45) is 29.4 Å². The molecule has 5 atom stereocenters. The lowest BCUT2D eigenvalue weighted by atomic mass is 9.62.